The second kappa shape index (κ2) is 11.8. The standard InChI is InChI=1S/C17H20N4O2S.C2H2O4/c1-13-15(7-11-23-13)16-19-20-17(24-12-9-18-8-10-22)21(16)14-5-3-2-4-6-14;3-1(4)2(5)6/h2-7,11,18,22H,8-10,12H2,1H3;(H,3,4)(H,5,6). The molecule has 2 heterocycles. The van der Waals surface area contributed by atoms with E-state index in [1.54, 1.807) is 18.0 Å². The molecule has 0 aliphatic carbocycles. The van der Waals surface area contributed by atoms with E-state index in [-0.39, 0.29) is 6.61 Å². The predicted molar refractivity (Wildman–Crippen MR) is 110 cm³/mol. The summed E-state index contributed by atoms with van der Waals surface area (Å²) in [6, 6.07) is 12.0. The summed E-state index contributed by atoms with van der Waals surface area (Å²) in [5.74, 6) is -1.21. The fourth-order valence-electron chi connectivity index (χ4n) is 2.38. The van der Waals surface area contributed by atoms with E-state index in [9.17, 15) is 0 Å². The van der Waals surface area contributed by atoms with Crippen LogP contribution in [0.5, 0.6) is 0 Å². The summed E-state index contributed by atoms with van der Waals surface area (Å²) in [4.78, 5) is 18.2. The van der Waals surface area contributed by atoms with Crippen LogP contribution in [0.2, 0.25) is 0 Å². The first-order valence-corrected chi connectivity index (χ1v) is 9.90. The summed E-state index contributed by atoms with van der Waals surface area (Å²) in [6.07, 6.45) is 1.67. The largest absolute Gasteiger partial charge is 0.473 e. The number of hydrogen-bond acceptors (Lipinski definition) is 8. The topological polar surface area (TPSA) is 151 Å². The third kappa shape index (κ3) is 6.44. The lowest BCUT2D eigenvalue weighted by molar-refractivity contribution is -0.159. The number of aliphatic carboxylic acids is 2. The molecular weight excluding hydrogens is 412 g/mol. The molecule has 0 spiro atoms. The minimum Gasteiger partial charge on any atom is -0.473 e. The molecule has 0 saturated carbocycles. The van der Waals surface area contributed by atoms with Crippen LogP contribution in [0.15, 0.2) is 52.2 Å². The third-order valence-corrected chi connectivity index (χ3v) is 4.66. The first kappa shape index (κ1) is 23.1. The number of hydrogen-bond donors (Lipinski definition) is 4. The van der Waals surface area contributed by atoms with Crippen LogP contribution in [0, 0.1) is 6.92 Å². The fourth-order valence-corrected chi connectivity index (χ4v) is 3.23. The Bertz CT molecular complexity index is 945. The summed E-state index contributed by atoms with van der Waals surface area (Å²) >= 11 is 1.63. The van der Waals surface area contributed by atoms with Gasteiger partial charge in [-0.1, -0.05) is 30.0 Å². The van der Waals surface area contributed by atoms with E-state index in [1.807, 2.05) is 43.3 Å². The lowest BCUT2D eigenvalue weighted by Crippen LogP contribution is -2.20. The van der Waals surface area contributed by atoms with Crippen molar-refractivity contribution in [3.8, 4) is 17.1 Å². The van der Waals surface area contributed by atoms with Gasteiger partial charge >= 0.3 is 11.9 Å². The van der Waals surface area contributed by atoms with E-state index >= 15 is 0 Å². The van der Waals surface area contributed by atoms with Gasteiger partial charge in [0, 0.05) is 24.5 Å². The molecule has 11 heteroatoms. The zero-order valence-electron chi connectivity index (χ0n) is 16.2. The summed E-state index contributed by atoms with van der Waals surface area (Å²) in [6.45, 7) is 3.47. The van der Waals surface area contributed by atoms with Gasteiger partial charge in [-0.2, -0.15) is 0 Å². The molecule has 0 fully saturated rings. The molecule has 0 amide bonds. The van der Waals surface area contributed by atoms with Gasteiger partial charge in [-0.25, -0.2) is 9.59 Å². The second-order valence-electron chi connectivity index (χ2n) is 5.80. The van der Waals surface area contributed by atoms with Crippen molar-refractivity contribution < 1.29 is 29.3 Å². The number of rotatable bonds is 8. The van der Waals surface area contributed by atoms with Crippen LogP contribution in [0.25, 0.3) is 17.1 Å². The summed E-state index contributed by atoms with van der Waals surface area (Å²) in [5, 5.41) is 36.3. The van der Waals surface area contributed by atoms with Crippen molar-refractivity contribution in [3.05, 3.63) is 48.4 Å². The Labute approximate surface area is 176 Å². The van der Waals surface area contributed by atoms with E-state index in [1.165, 1.54) is 0 Å². The van der Waals surface area contributed by atoms with Crippen molar-refractivity contribution in [2.45, 2.75) is 12.1 Å². The monoisotopic (exact) mass is 434 g/mol. The third-order valence-electron chi connectivity index (χ3n) is 3.73. The molecule has 1 aromatic carbocycles. The van der Waals surface area contributed by atoms with E-state index < -0.39 is 11.9 Å². The lowest BCUT2D eigenvalue weighted by atomic mass is 10.2. The van der Waals surface area contributed by atoms with E-state index in [4.69, 9.17) is 29.3 Å². The zero-order valence-corrected chi connectivity index (χ0v) is 17.0. The number of carboxylic acids is 2. The van der Waals surface area contributed by atoms with Gasteiger partial charge in [-0.15, -0.1) is 10.2 Å². The van der Waals surface area contributed by atoms with Gasteiger partial charge in [0.1, 0.15) is 5.76 Å². The number of aromatic nitrogens is 3. The van der Waals surface area contributed by atoms with E-state index in [0.717, 1.165) is 40.3 Å². The molecule has 0 bridgehead atoms. The maximum absolute atomic E-state index is 9.10. The minimum atomic E-state index is -1.82. The Morgan fingerprint density at radius 1 is 1.10 bits per heavy atom. The van der Waals surface area contributed by atoms with Gasteiger partial charge in [0.15, 0.2) is 11.0 Å². The average Bonchev–Trinajstić information content (AvgIpc) is 3.34. The first-order chi connectivity index (χ1) is 14.5. The number of para-hydroxylation sites is 1. The van der Waals surface area contributed by atoms with Crippen molar-refractivity contribution in [1.29, 1.82) is 0 Å². The van der Waals surface area contributed by atoms with Crippen molar-refractivity contribution in [2.24, 2.45) is 0 Å². The molecule has 3 aromatic rings. The maximum Gasteiger partial charge on any atom is 0.414 e. The van der Waals surface area contributed by atoms with Crippen molar-refractivity contribution in [2.75, 3.05) is 25.4 Å². The SMILES string of the molecule is Cc1occc1-c1nnc(SCCNCCO)n1-c1ccccc1.O=C(O)C(=O)O. The number of carboxylic acid groups (broad SMARTS) is 2. The van der Waals surface area contributed by atoms with E-state index in [0.29, 0.717) is 6.54 Å². The Balaban J connectivity index is 0.000000469. The van der Waals surface area contributed by atoms with Gasteiger partial charge < -0.3 is 25.1 Å². The Morgan fingerprint density at radius 3 is 2.37 bits per heavy atom. The number of furan rings is 1. The molecule has 0 unspecified atom stereocenters. The predicted octanol–water partition coefficient (Wildman–Crippen LogP) is 1.67. The molecule has 0 radical (unpaired) electrons. The minimum absolute atomic E-state index is 0.148. The van der Waals surface area contributed by atoms with Gasteiger partial charge in [0.05, 0.1) is 18.4 Å². The summed E-state index contributed by atoms with van der Waals surface area (Å²) in [5.41, 5.74) is 1.96. The number of aliphatic hydroxyl groups excluding tert-OH is 1. The molecule has 4 N–H and O–H groups in total. The van der Waals surface area contributed by atoms with Gasteiger partial charge in [0.25, 0.3) is 0 Å². The molecule has 2 aromatic heterocycles. The highest BCUT2D eigenvalue weighted by atomic mass is 32.2. The molecule has 3 rings (SSSR count). The molecule has 160 valence electrons. The van der Waals surface area contributed by atoms with Crippen LogP contribution in [0.3, 0.4) is 0 Å². The van der Waals surface area contributed by atoms with Crippen LogP contribution in [-0.4, -0.2) is 67.5 Å². The van der Waals surface area contributed by atoms with E-state index in [2.05, 4.69) is 20.1 Å². The fraction of sp³-hybridized carbons (Fsp3) is 0.263. The summed E-state index contributed by atoms with van der Waals surface area (Å²) < 4.78 is 7.47. The number of nitrogens with one attached hydrogen (secondary N) is 1. The van der Waals surface area contributed by atoms with Gasteiger partial charge in [-0.3, -0.25) is 4.57 Å². The molecule has 10 nitrogen and oxygen atoms in total. The first-order valence-electron chi connectivity index (χ1n) is 8.91. The number of aryl methyl sites for hydroxylation is 1. The summed E-state index contributed by atoms with van der Waals surface area (Å²) in [7, 11) is 0. The van der Waals surface area contributed by atoms with Crippen molar-refractivity contribution >= 4 is 23.7 Å². The second-order valence-corrected chi connectivity index (χ2v) is 6.86. The van der Waals surface area contributed by atoms with Crippen molar-refractivity contribution in [1.82, 2.24) is 20.1 Å². The number of carbonyl (C=O) groups is 2. The van der Waals surface area contributed by atoms with Crippen LogP contribution >= 0.6 is 11.8 Å². The Kier molecular flexibility index (Phi) is 9.06. The molecule has 0 saturated heterocycles. The molecule has 0 aliphatic rings. The molecule has 30 heavy (non-hydrogen) atoms. The number of nitrogens with zero attached hydrogens (tertiary/aromatic N) is 3. The highest BCUT2D eigenvalue weighted by Crippen LogP contribution is 2.29. The smallest absolute Gasteiger partial charge is 0.414 e. The average molecular weight is 434 g/mol. The lowest BCUT2D eigenvalue weighted by Gasteiger charge is -2.10. The Hall–Kier alpha value is -3.15. The normalized spacial score (nSPS) is 10.3. The van der Waals surface area contributed by atoms with Crippen LogP contribution in [-0.2, 0) is 9.59 Å². The van der Waals surface area contributed by atoms with Crippen LogP contribution in [0.4, 0.5) is 0 Å². The zero-order chi connectivity index (χ0) is 21.9. The molecule has 0 atom stereocenters. The molecule has 0 aliphatic heterocycles. The van der Waals surface area contributed by atoms with Gasteiger partial charge in [-0.05, 0) is 25.1 Å². The van der Waals surface area contributed by atoms with Crippen molar-refractivity contribution in [3.63, 3.8) is 0 Å². The number of aliphatic hydroxyl groups is 1. The highest BCUT2D eigenvalue weighted by molar-refractivity contribution is 7.99. The van der Waals surface area contributed by atoms with Crippen LogP contribution in [0.1, 0.15) is 5.76 Å². The number of thioether (sulfide) groups is 1. The molecular formula is C19H22N4O6S. The maximum atomic E-state index is 9.10. The van der Waals surface area contributed by atoms with Crippen LogP contribution < -0.4 is 5.32 Å². The number of benzene rings is 1. The quantitative estimate of drug-likeness (QED) is 0.234. The highest BCUT2D eigenvalue weighted by Gasteiger charge is 2.18. The Morgan fingerprint density at radius 2 is 1.80 bits per heavy atom. The van der Waals surface area contributed by atoms with Gasteiger partial charge in [0.2, 0.25) is 0 Å².